The predicted molar refractivity (Wildman–Crippen MR) is 93.7 cm³/mol. The highest BCUT2D eigenvalue weighted by atomic mass is 16.5. The summed E-state index contributed by atoms with van der Waals surface area (Å²) in [5.74, 6) is 1.76. The monoisotopic (exact) mass is 304 g/mol. The maximum Gasteiger partial charge on any atom is 0.133 e. The van der Waals surface area contributed by atoms with Crippen LogP contribution in [-0.4, -0.2) is 12.4 Å². The quantitative estimate of drug-likeness (QED) is 0.649. The van der Waals surface area contributed by atoms with Gasteiger partial charge in [0.1, 0.15) is 11.5 Å². The lowest BCUT2D eigenvalue weighted by Crippen LogP contribution is -2.15. The molecule has 2 nitrogen and oxygen atoms in total. The zero-order valence-electron chi connectivity index (χ0n) is 15.2. The number of ketones is 1. The van der Waals surface area contributed by atoms with Gasteiger partial charge in [-0.05, 0) is 48.3 Å². The standard InChI is InChI=1S/C20H32O2/c1-7-9-17(21)13-15(3)12-16-10-11-19(22-8-2)18(14-16)20(4,5)6/h10-11,14-15H,7-9,12-13H2,1-6H3. The summed E-state index contributed by atoms with van der Waals surface area (Å²) in [6.07, 6.45) is 3.29. The van der Waals surface area contributed by atoms with Crippen molar-refractivity contribution in [3.05, 3.63) is 29.3 Å². The van der Waals surface area contributed by atoms with E-state index in [1.165, 1.54) is 11.1 Å². The number of rotatable bonds is 8. The number of hydrogen-bond donors (Lipinski definition) is 0. The van der Waals surface area contributed by atoms with Gasteiger partial charge in [0.15, 0.2) is 0 Å². The molecule has 2 heteroatoms. The molecule has 1 aromatic rings. The first-order valence-electron chi connectivity index (χ1n) is 8.55. The van der Waals surface area contributed by atoms with Gasteiger partial charge in [0.2, 0.25) is 0 Å². The molecule has 1 rings (SSSR count). The van der Waals surface area contributed by atoms with Crippen molar-refractivity contribution < 1.29 is 9.53 Å². The number of hydrogen-bond acceptors (Lipinski definition) is 2. The molecule has 0 aliphatic heterocycles. The zero-order valence-corrected chi connectivity index (χ0v) is 15.2. The number of carbonyl (C=O) groups is 1. The average molecular weight is 304 g/mol. The highest BCUT2D eigenvalue weighted by molar-refractivity contribution is 5.78. The summed E-state index contributed by atoms with van der Waals surface area (Å²) in [7, 11) is 0. The number of benzene rings is 1. The van der Waals surface area contributed by atoms with E-state index in [-0.39, 0.29) is 5.41 Å². The summed E-state index contributed by atoms with van der Waals surface area (Å²) < 4.78 is 5.77. The Balaban J connectivity index is 2.86. The van der Waals surface area contributed by atoms with Gasteiger partial charge in [-0.25, -0.2) is 0 Å². The summed E-state index contributed by atoms with van der Waals surface area (Å²) in [6.45, 7) is 13.6. The lowest BCUT2D eigenvalue weighted by Gasteiger charge is -2.24. The van der Waals surface area contributed by atoms with E-state index in [1.807, 2.05) is 6.92 Å². The third-order valence-electron chi connectivity index (χ3n) is 3.84. The molecule has 22 heavy (non-hydrogen) atoms. The second-order valence-corrected chi connectivity index (χ2v) is 7.32. The summed E-state index contributed by atoms with van der Waals surface area (Å²) in [5, 5.41) is 0. The molecule has 0 N–H and O–H groups in total. The fourth-order valence-corrected chi connectivity index (χ4v) is 2.82. The van der Waals surface area contributed by atoms with Crippen molar-refractivity contribution in [1.29, 1.82) is 0 Å². The first kappa shape index (κ1) is 18.7. The molecule has 0 fully saturated rings. The van der Waals surface area contributed by atoms with Crippen LogP contribution in [0.25, 0.3) is 0 Å². The zero-order chi connectivity index (χ0) is 16.8. The van der Waals surface area contributed by atoms with Crippen LogP contribution in [0.1, 0.15) is 71.9 Å². The van der Waals surface area contributed by atoms with Crippen LogP contribution in [0.5, 0.6) is 5.75 Å². The Kier molecular flexibility index (Phi) is 7.12. The molecule has 0 aliphatic carbocycles. The van der Waals surface area contributed by atoms with Crippen molar-refractivity contribution in [3.8, 4) is 5.75 Å². The molecule has 0 amide bonds. The van der Waals surface area contributed by atoms with Crippen LogP contribution in [0.2, 0.25) is 0 Å². The molecule has 1 aromatic carbocycles. The SMILES string of the molecule is CCCC(=O)CC(C)Cc1ccc(OCC)c(C(C)(C)C)c1. The normalized spacial score (nSPS) is 13.0. The fraction of sp³-hybridized carbons (Fsp3) is 0.650. The van der Waals surface area contributed by atoms with Crippen molar-refractivity contribution in [1.82, 2.24) is 0 Å². The van der Waals surface area contributed by atoms with Gasteiger partial charge in [0.25, 0.3) is 0 Å². The highest BCUT2D eigenvalue weighted by Gasteiger charge is 2.20. The predicted octanol–water partition coefficient (Wildman–Crippen LogP) is 5.32. The van der Waals surface area contributed by atoms with E-state index in [0.29, 0.717) is 31.1 Å². The van der Waals surface area contributed by atoms with Crippen molar-refractivity contribution in [3.63, 3.8) is 0 Å². The summed E-state index contributed by atoms with van der Waals surface area (Å²) >= 11 is 0. The maximum atomic E-state index is 11.8. The first-order valence-corrected chi connectivity index (χ1v) is 8.55. The van der Waals surface area contributed by atoms with E-state index in [1.54, 1.807) is 0 Å². The van der Waals surface area contributed by atoms with Gasteiger partial charge in [-0.1, -0.05) is 46.8 Å². The number of ether oxygens (including phenoxy) is 1. The Bertz CT molecular complexity index is 483. The van der Waals surface area contributed by atoms with Crippen molar-refractivity contribution in [2.24, 2.45) is 5.92 Å². The Labute approximate surface area is 136 Å². The molecule has 0 aliphatic rings. The van der Waals surface area contributed by atoms with Gasteiger partial charge >= 0.3 is 0 Å². The highest BCUT2D eigenvalue weighted by Crippen LogP contribution is 2.33. The van der Waals surface area contributed by atoms with E-state index in [0.717, 1.165) is 18.6 Å². The summed E-state index contributed by atoms with van der Waals surface area (Å²) in [6, 6.07) is 6.48. The van der Waals surface area contributed by atoms with E-state index in [9.17, 15) is 4.79 Å². The Morgan fingerprint density at radius 1 is 1.23 bits per heavy atom. The molecule has 0 radical (unpaired) electrons. The molecule has 0 heterocycles. The Morgan fingerprint density at radius 2 is 1.91 bits per heavy atom. The minimum absolute atomic E-state index is 0.0573. The maximum absolute atomic E-state index is 11.8. The number of carbonyl (C=O) groups excluding carboxylic acids is 1. The largest absolute Gasteiger partial charge is 0.494 e. The van der Waals surface area contributed by atoms with Crippen LogP contribution in [0.3, 0.4) is 0 Å². The van der Waals surface area contributed by atoms with E-state index < -0.39 is 0 Å². The second kappa shape index (κ2) is 8.36. The third kappa shape index (κ3) is 5.82. The van der Waals surface area contributed by atoms with Gasteiger partial charge in [-0.2, -0.15) is 0 Å². The molecule has 0 bridgehead atoms. The minimum Gasteiger partial charge on any atom is -0.494 e. The van der Waals surface area contributed by atoms with Crippen LogP contribution in [0.15, 0.2) is 18.2 Å². The smallest absolute Gasteiger partial charge is 0.133 e. The molecule has 0 spiro atoms. The van der Waals surface area contributed by atoms with E-state index in [4.69, 9.17) is 4.74 Å². The van der Waals surface area contributed by atoms with Crippen LogP contribution in [0, 0.1) is 5.92 Å². The second-order valence-electron chi connectivity index (χ2n) is 7.32. The minimum atomic E-state index is 0.0573. The lowest BCUT2D eigenvalue weighted by molar-refractivity contribution is -0.119. The third-order valence-corrected chi connectivity index (χ3v) is 3.84. The van der Waals surface area contributed by atoms with Crippen LogP contribution in [0.4, 0.5) is 0 Å². The van der Waals surface area contributed by atoms with Gasteiger partial charge in [-0.15, -0.1) is 0 Å². The molecule has 124 valence electrons. The fourth-order valence-electron chi connectivity index (χ4n) is 2.82. The van der Waals surface area contributed by atoms with E-state index in [2.05, 4.69) is 52.8 Å². The summed E-state index contributed by atoms with van der Waals surface area (Å²) in [5.41, 5.74) is 2.60. The molecule has 1 unspecified atom stereocenters. The van der Waals surface area contributed by atoms with Crippen molar-refractivity contribution in [2.75, 3.05) is 6.61 Å². The van der Waals surface area contributed by atoms with Gasteiger partial charge in [0.05, 0.1) is 6.61 Å². The molecular weight excluding hydrogens is 272 g/mol. The lowest BCUT2D eigenvalue weighted by atomic mass is 9.84. The topological polar surface area (TPSA) is 26.3 Å². The molecule has 0 aromatic heterocycles. The average Bonchev–Trinajstić information content (AvgIpc) is 2.39. The first-order chi connectivity index (χ1) is 10.3. The number of Topliss-reactive ketones (excluding diaryl/α,β-unsaturated/α-hetero) is 1. The van der Waals surface area contributed by atoms with Gasteiger partial charge in [0, 0.05) is 12.8 Å². The Hall–Kier alpha value is -1.31. The van der Waals surface area contributed by atoms with Crippen molar-refractivity contribution in [2.45, 2.75) is 72.6 Å². The van der Waals surface area contributed by atoms with Gasteiger partial charge in [-0.3, -0.25) is 4.79 Å². The molecular formula is C20H32O2. The Morgan fingerprint density at radius 3 is 2.45 bits per heavy atom. The van der Waals surface area contributed by atoms with Crippen LogP contribution < -0.4 is 4.74 Å². The summed E-state index contributed by atoms with van der Waals surface area (Å²) in [4.78, 5) is 11.8. The molecule has 0 saturated carbocycles. The molecule has 0 saturated heterocycles. The van der Waals surface area contributed by atoms with E-state index >= 15 is 0 Å². The van der Waals surface area contributed by atoms with Crippen LogP contribution in [-0.2, 0) is 16.6 Å². The molecule has 1 atom stereocenters. The van der Waals surface area contributed by atoms with Gasteiger partial charge < -0.3 is 4.74 Å². The van der Waals surface area contributed by atoms with Crippen molar-refractivity contribution >= 4 is 5.78 Å². The van der Waals surface area contributed by atoms with Crippen LogP contribution >= 0.6 is 0 Å².